The fourth-order valence-corrected chi connectivity index (χ4v) is 5.64. The van der Waals surface area contributed by atoms with Crippen LogP contribution in [0.2, 0.25) is 0 Å². The van der Waals surface area contributed by atoms with Crippen molar-refractivity contribution in [3.8, 4) is 5.75 Å². The molecule has 2 aromatic carbocycles. The summed E-state index contributed by atoms with van der Waals surface area (Å²) in [6.45, 7) is 2.21. The Labute approximate surface area is 220 Å². The average Bonchev–Trinajstić information content (AvgIpc) is 2.90. The summed E-state index contributed by atoms with van der Waals surface area (Å²) in [5.74, 6) is -5.27. The highest BCUT2D eigenvalue weighted by atomic mass is 19.3. The van der Waals surface area contributed by atoms with Crippen molar-refractivity contribution in [1.82, 2.24) is 0 Å². The minimum atomic E-state index is -3.43. The van der Waals surface area contributed by atoms with Gasteiger partial charge in [0.05, 0.1) is 5.92 Å². The van der Waals surface area contributed by atoms with Crippen LogP contribution in [0.4, 0.5) is 26.3 Å². The molecule has 7 heteroatoms. The van der Waals surface area contributed by atoms with Crippen LogP contribution < -0.4 is 4.74 Å². The summed E-state index contributed by atoms with van der Waals surface area (Å²) in [7, 11) is 0. The number of benzene rings is 2. The lowest BCUT2D eigenvalue weighted by Gasteiger charge is -2.35. The Morgan fingerprint density at radius 1 is 0.895 bits per heavy atom. The van der Waals surface area contributed by atoms with E-state index in [0.29, 0.717) is 31.6 Å². The first kappa shape index (κ1) is 28.3. The maximum atomic E-state index is 15.0. The molecule has 0 aromatic heterocycles. The molecule has 0 bridgehead atoms. The van der Waals surface area contributed by atoms with Crippen molar-refractivity contribution >= 4 is 12.2 Å². The molecule has 0 spiro atoms. The lowest BCUT2D eigenvalue weighted by atomic mass is 9.73. The second kappa shape index (κ2) is 12.4. The minimum Gasteiger partial charge on any atom is -0.432 e. The second-order valence-electron chi connectivity index (χ2n) is 10.6. The fraction of sp³-hybridized carbons (Fsp3) is 0.484. The molecule has 38 heavy (non-hydrogen) atoms. The summed E-state index contributed by atoms with van der Waals surface area (Å²) >= 11 is 0. The van der Waals surface area contributed by atoms with Crippen molar-refractivity contribution in [2.24, 2.45) is 17.8 Å². The molecule has 1 fully saturated rings. The quantitative estimate of drug-likeness (QED) is 0.134. The summed E-state index contributed by atoms with van der Waals surface area (Å²) < 4.78 is 89.3. The molecule has 0 saturated heterocycles. The van der Waals surface area contributed by atoms with Gasteiger partial charge in [0, 0.05) is 11.6 Å². The molecule has 1 unspecified atom stereocenters. The van der Waals surface area contributed by atoms with E-state index >= 15 is 0 Å². The van der Waals surface area contributed by atoms with Gasteiger partial charge in [0.25, 0.3) is 0 Å². The van der Waals surface area contributed by atoms with Crippen molar-refractivity contribution in [2.75, 3.05) is 0 Å². The number of unbranched alkanes of at least 4 members (excludes halogenated alkanes) is 1. The van der Waals surface area contributed by atoms with E-state index in [1.165, 1.54) is 55.5 Å². The number of halogens is 6. The number of rotatable bonds is 9. The molecule has 2 aromatic rings. The number of alkyl halides is 2. The lowest BCUT2D eigenvalue weighted by molar-refractivity contribution is -0.223. The maximum Gasteiger partial charge on any atom is 0.400 e. The Hall–Kier alpha value is -2.70. The normalized spacial score (nSPS) is 22.5. The molecule has 0 heterocycles. The zero-order valence-electron chi connectivity index (χ0n) is 21.6. The molecule has 0 N–H and O–H groups in total. The minimum absolute atomic E-state index is 0.00371. The van der Waals surface area contributed by atoms with Gasteiger partial charge in [0.15, 0.2) is 17.5 Å². The van der Waals surface area contributed by atoms with Gasteiger partial charge < -0.3 is 4.74 Å². The Morgan fingerprint density at radius 3 is 2.21 bits per heavy atom. The van der Waals surface area contributed by atoms with E-state index in [-0.39, 0.29) is 16.9 Å². The van der Waals surface area contributed by atoms with Crippen molar-refractivity contribution in [3.05, 3.63) is 76.4 Å². The Morgan fingerprint density at radius 2 is 1.61 bits per heavy atom. The predicted octanol–water partition coefficient (Wildman–Crippen LogP) is 10.1. The molecule has 0 aliphatic heterocycles. The number of allylic oxidation sites excluding steroid dienone is 2. The van der Waals surface area contributed by atoms with E-state index in [1.807, 2.05) is 0 Å². The topological polar surface area (TPSA) is 9.23 Å². The second-order valence-corrected chi connectivity index (χ2v) is 10.6. The van der Waals surface area contributed by atoms with Crippen molar-refractivity contribution in [2.45, 2.75) is 77.2 Å². The van der Waals surface area contributed by atoms with Gasteiger partial charge in [0.2, 0.25) is 0 Å². The predicted molar refractivity (Wildman–Crippen MR) is 138 cm³/mol. The summed E-state index contributed by atoms with van der Waals surface area (Å²) in [5.41, 5.74) is 1.42. The van der Waals surface area contributed by atoms with Crippen LogP contribution in [0.15, 0.2) is 42.0 Å². The molecule has 0 amide bonds. The highest BCUT2D eigenvalue weighted by molar-refractivity contribution is 5.70. The molecule has 1 nitrogen and oxygen atoms in total. The van der Waals surface area contributed by atoms with Crippen LogP contribution in [0.1, 0.15) is 82.3 Å². The smallest absolute Gasteiger partial charge is 0.400 e. The standard InChI is InChI=1S/C31H34F6O/c1-2-3-4-20-5-8-22(9-6-20)23-11-14-25(15-12-23)31(36,37)38-26-16-13-24(27(32)19-26)10-7-21-17-28(33)30(35)29(34)18-21/h7-8,10,13,16-20,23,25H,2-6,9,11-12,14-15H2,1H3/b10-7+. The molecule has 2 aliphatic rings. The van der Waals surface area contributed by atoms with Gasteiger partial charge in [-0.15, -0.1) is 0 Å². The summed E-state index contributed by atoms with van der Waals surface area (Å²) in [6.07, 6.45) is 10.6. The van der Waals surface area contributed by atoms with Crippen molar-refractivity contribution < 1.29 is 31.1 Å². The van der Waals surface area contributed by atoms with E-state index in [2.05, 4.69) is 13.0 Å². The third-order valence-corrected chi connectivity index (χ3v) is 7.93. The highest BCUT2D eigenvalue weighted by Gasteiger charge is 2.44. The fourth-order valence-electron chi connectivity index (χ4n) is 5.64. The van der Waals surface area contributed by atoms with Crippen LogP contribution in [0.3, 0.4) is 0 Å². The van der Waals surface area contributed by atoms with Crippen LogP contribution in [0.25, 0.3) is 12.2 Å². The van der Waals surface area contributed by atoms with Crippen LogP contribution in [0.5, 0.6) is 5.75 Å². The molecular weight excluding hydrogens is 502 g/mol. The summed E-state index contributed by atoms with van der Waals surface area (Å²) in [6, 6.07) is 4.89. The van der Waals surface area contributed by atoms with Crippen LogP contribution in [0, 0.1) is 41.0 Å². The third-order valence-electron chi connectivity index (χ3n) is 7.93. The summed E-state index contributed by atoms with van der Waals surface area (Å²) in [4.78, 5) is 0. The Kier molecular flexibility index (Phi) is 9.27. The van der Waals surface area contributed by atoms with Gasteiger partial charge in [-0.25, -0.2) is 17.6 Å². The molecule has 206 valence electrons. The lowest BCUT2D eigenvalue weighted by Crippen LogP contribution is -2.37. The Balaban J connectivity index is 1.32. The highest BCUT2D eigenvalue weighted by Crippen LogP contribution is 2.44. The van der Waals surface area contributed by atoms with Crippen molar-refractivity contribution in [1.29, 1.82) is 0 Å². The van der Waals surface area contributed by atoms with Crippen LogP contribution in [-0.4, -0.2) is 6.11 Å². The van der Waals surface area contributed by atoms with E-state index in [1.54, 1.807) is 0 Å². The molecule has 4 rings (SSSR count). The monoisotopic (exact) mass is 536 g/mol. The third kappa shape index (κ3) is 7.03. The van der Waals surface area contributed by atoms with Crippen LogP contribution >= 0.6 is 0 Å². The number of hydrogen-bond acceptors (Lipinski definition) is 1. The van der Waals surface area contributed by atoms with Gasteiger partial charge in [0.1, 0.15) is 11.6 Å². The van der Waals surface area contributed by atoms with Gasteiger partial charge >= 0.3 is 6.11 Å². The van der Waals surface area contributed by atoms with E-state index in [4.69, 9.17) is 4.74 Å². The van der Waals surface area contributed by atoms with Crippen LogP contribution in [-0.2, 0) is 0 Å². The number of hydrogen-bond donors (Lipinski definition) is 0. The zero-order chi connectivity index (χ0) is 27.3. The summed E-state index contributed by atoms with van der Waals surface area (Å²) in [5, 5.41) is 0. The first-order valence-corrected chi connectivity index (χ1v) is 13.5. The van der Waals surface area contributed by atoms with E-state index in [9.17, 15) is 26.3 Å². The SMILES string of the molecule is CCCCC1CC=C(C2CCC(C(F)(F)Oc3ccc(/C=C/c4cc(F)c(F)c(F)c4)c(F)c3)CC2)CC1. The Bertz CT molecular complexity index is 1140. The molecule has 1 saturated carbocycles. The maximum absolute atomic E-state index is 15.0. The van der Waals surface area contributed by atoms with E-state index < -0.39 is 35.3 Å². The molecule has 2 aliphatic carbocycles. The zero-order valence-corrected chi connectivity index (χ0v) is 21.6. The average molecular weight is 537 g/mol. The number of ether oxygens (including phenoxy) is 1. The van der Waals surface area contributed by atoms with Gasteiger partial charge in [-0.1, -0.05) is 50.0 Å². The van der Waals surface area contributed by atoms with E-state index in [0.717, 1.165) is 37.0 Å². The molecule has 1 atom stereocenters. The van der Waals surface area contributed by atoms with Gasteiger partial charge in [-0.3, -0.25) is 0 Å². The molecular formula is C31H34F6O. The first-order valence-electron chi connectivity index (χ1n) is 13.5. The first-order chi connectivity index (χ1) is 18.2. The van der Waals surface area contributed by atoms with Gasteiger partial charge in [-0.05, 0) is 86.6 Å². The van der Waals surface area contributed by atoms with Gasteiger partial charge in [-0.2, -0.15) is 8.78 Å². The largest absolute Gasteiger partial charge is 0.432 e. The van der Waals surface area contributed by atoms with Crippen molar-refractivity contribution in [3.63, 3.8) is 0 Å². The molecule has 0 radical (unpaired) electrons.